The Labute approximate surface area is 110 Å². The molecule has 0 aliphatic carbocycles. The maximum absolute atomic E-state index is 11.7. The molecular weight excluding hydrogens is 256 g/mol. The zero-order valence-electron chi connectivity index (χ0n) is 10.2. The van der Waals surface area contributed by atoms with Crippen molar-refractivity contribution < 1.29 is 14.7 Å². The molecule has 18 heavy (non-hydrogen) atoms. The summed E-state index contributed by atoms with van der Waals surface area (Å²) in [4.78, 5) is 23.0. The summed E-state index contributed by atoms with van der Waals surface area (Å²) in [6.07, 6.45) is 0. The van der Waals surface area contributed by atoms with E-state index in [0.717, 1.165) is 0 Å². The Bertz CT molecular complexity index is 461. The first-order chi connectivity index (χ1) is 8.40. The van der Waals surface area contributed by atoms with Gasteiger partial charge in [-0.3, -0.25) is 9.59 Å². The van der Waals surface area contributed by atoms with E-state index < -0.39 is 5.91 Å². The molecule has 0 saturated carbocycles. The number of hydrogen-bond donors (Lipinski definition) is 3. The van der Waals surface area contributed by atoms with Crippen molar-refractivity contribution in [2.75, 3.05) is 6.54 Å². The van der Waals surface area contributed by atoms with E-state index in [4.69, 9.17) is 11.6 Å². The zero-order valence-corrected chi connectivity index (χ0v) is 10.9. The number of nitrogens with one attached hydrogen (secondary N) is 2. The van der Waals surface area contributed by atoms with Gasteiger partial charge < -0.3 is 15.7 Å². The molecule has 0 bridgehead atoms. The maximum Gasteiger partial charge on any atom is 0.255 e. The van der Waals surface area contributed by atoms with E-state index >= 15 is 0 Å². The number of amides is 2. The summed E-state index contributed by atoms with van der Waals surface area (Å²) in [7, 11) is 0. The molecule has 0 aliphatic heterocycles. The highest BCUT2D eigenvalue weighted by Crippen LogP contribution is 2.20. The molecule has 1 aromatic rings. The van der Waals surface area contributed by atoms with E-state index in [9.17, 15) is 14.7 Å². The van der Waals surface area contributed by atoms with Crippen molar-refractivity contribution in [2.24, 2.45) is 0 Å². The Morgan fingerprint density at radius 3 is 2.67 bits per heavy atom. The summed E-state index contributed by atoms with van der Waals surface area (Å²) >= 11 is 5.72. The monoisotopic (exact) mass is 270 g/mol. The number of benzene rings is 1. The number of rotatable bonds is 4. The minimum absolute atomic E-state index is 0.00831. The SMILES string of the molecule is CC(C)NC(=O)CNC(=O)c1cc(Cl)ccc1O. The highest BCUT2D eigenvalue weighted by atomic mass is 35.5. The van der Waals surface area contributed by atoms with Gasteiger partial charge >= 0.3 is 0 Å². The molecule has 2 amide bonds. The number of carbonyl (C=O) groups excluding carboxylic acids is 2. The lowest BCUT2D eigenvalue weighted by Crippen LogP contribution is -2.39. The van der Waals surface area contributed by atoms with Gasteiger partial charge in [0.05, 0.1) is 12.1 Å². The molecular formula is C12H15ClN2O3. The minimum Gasteiger partial charge on any atom is -0.507 e. The van der Waals surface area contributed by atoms with Crippen molar-refractivity contribution in [3.63, 3.8) is 0 Å². The molecule has 0 spiro atoms. The highest BCUT2D eigenvalue weighted by molar-refractivity contribution is 6.31. The topological polar surface area (TPSA) is 78.4 Å². The molecule has 0 aromatic heterocycles. The molecule has 0 radical (unpaired) electrons. The normalized spacial score (nSPS) is 10.2. The van der Waals surface area contributed by atoms with Crippen LogP contribution >= 0.6 is 11.6 Å². The second-order valence-electron chi connectivity index (χ2n) is 4.07. The molecule has 0 saturated heterocycles. The first-order valence-electron chi connectivity index (χ1n) is 5.46. The Kier molecular flexibility index (Phi) is 4.97. The molecule has 1 aromatic carbocycles. The van der Waals surface area contributed by atoms with Crippen molar-refractivity contribution in [3.05, 3.63) is 28.8 Å². The van der Waals surface area contributed by atoms with Crippen LogP contribution in [0.1, 0.15) is 24.2 Å². The van der Waals surface area contributed by atoms with Crippen LogP contribution in [-0.4, -0.2) is 29.5 Å². The van der Waals surface area contributed by atoms with Gasteiger partial charge in [-0.25, -0.2) is 0 Å². The van der Waals surface area contributed by atoms with Gasteiger partial charge in [-0.05, 0) is 32.0 Å². The summed E-state index contributed by atoms with van der Waals surface area (Å²) in [5.41, 5.74) is 0.0415. The van der Waals surface area contributed by atoms with E-state index in [-0.39, 0.29) is 29.8 Å². The van der Waals surface area contributed by atoms with Crippen LogP contribution < -0.4 is 10.6 Å². The van der Waals surface area contributed by atoms with Gasteiger partial charge in [0.15, 0.2) is 0 Å². The number of phenols is 1. The largest absolute Gasteiger partial charge is 0.507 e. The molecule has 0 heterocycles. The second kappa shape index (κ2) is 6.26. The smallest absolute Gasteiger partial charge is 0.255 e. The van der Waals surface area contributed by atoms with Crippen LogP contribution in [0, 0.1) is 0 Å². The lowest BCUT2D eigenvalue weighted by atomic mass is 10.2. The van der Waals surface area contributed by atoms with Gasteiger partial charge in [-0.2, -0.15) is 0 Å². The second-order valence-corrected chi connectivity index (χ2v) is 4.50. The van der Waals surface area contributed by atoms with E-state index in [1.807, 2.05) is 13.8 Å². The van der Waals surface area contributed by atoms with Crippen LogP contribution in [0.2, 0.25) is 5.02 Å². The van der Waals surface area contributed by atoms with Gasteiger partial charge in [0.1, 0.15) is 5.75 Å². The Morgan fingerprint density at radius 2 is 2.06 bits per heavy atom. The third kappa shape index (κ3) is 4.25. The maximum atomic E-state index is 11.7. The predicted molar refractivity (Wildman–Crippen MR) is 68.7 cm³/mol. The number of aromatic hydroxyl groups is 1. The average molecular weight is 271 g/mol. The van der Waals surface area contributed by atoms with E-state index in [2.05, 4.69) is 10.6 Å². The summed E-state index contributed by atoms with van der Waals surface area (Å²) in [5, 5.41) is 14.9. The Balaban J connectivity index is 2.60. The van der Waals surface area contributed by atoms with E-state index in [1.165, 1.54) is 18.2 Å². The molecule has 0 fully saturated rings. The van der Waals surface area contributed by atoms with Gasteiger partial charge in [0.25, 0.3) is 5.91 Å². The molecule has 6 heteroatoms. The highest BCUT2D eigenvalue weighted by Gasteiger charge is 2.13. The third-order valence-electron chi connectivity index (χ3n) is 2.06. The quantitative estimate of drug-likeness (QED) is 0.772. The lowest BCUT2D eigenvalue weighted by Gasteiger charge is -2.10. The van der Waals surface area contributed by atoms with Crippen LogP contribution in [-0.2, 0) is 4.79 Å². The number of phenolic OH excluding ortho intramolecular Hbond substituents is 1. The Hall–Kier alpha value is -1.75. The standard InChI is InChI=1S/C12H15ClN2O3/c1-7(2)15-11(17)6-14-12(18)9-5-8(13)3-4-10(9)16/h3-5,7,16H,6H2,1-2H3,(H,14,18)(H,15,17). The molecule has 98 valence electrons. The molecule has 0 aliphatic rings. The van der Waals surface area contributed by atoms with Gasteiger partial charge in [0, 0.05) is 11.1 Å². The molecule has 1 rings (SSSR count). The fraction of sp³-hybridized carbons (Fsp3) is 0.333. The fourth-order valence-corrected chi connectivity index (χ4v) is 1.49. The van der Waals surface area contributed by atoms with Crippen LogP contribution in [0.5, 0.6) is 5.75 Å². The number of hydrogen-bond acceptors (Lipinski definition) is 3. The molecule has 3 N–H and O–H groups in total. The van der Waals surface area contributed by atoms with Crippen molar-refractivity contribution in [3.8, 4) is 5.75 Å². The lowest BCUT2D eigenvalue weighted by molar-refractivity contribution is -0.120. The molecule has 5 nitrogen and oxygen atoms in total. The van der Waals surface area contributed by atoms with Crippen molar-refractivity contribution in [1.82, 2.24) is 10.6 Å². The van der Waals surface area contributed by atoms with Gasteiger partial charge in [0.2, 0.25) is 5.91 Å². The van der Waals surface area contributed by atoms with Gasteiger partial charge in [-0.1, -0.05) is 11.6 Å². The number of carbonyl (C=O) groups is 2. The van der Waals surface area contributed by atoms with Crippen LogP contribution in [0.4, 0.5) is 0 Å². The third-order valence-corrected chi connectivity index (χ3v) is 2.30. The molecule has 0 unspecified atom stereocenters. The number of halogens is 1. The van der Waals surface area contributed by atoms with Crippen LogP contribution in [0.25, 0.3) is 0 Å². The molecule has 0 atom stereocenters. The van der Waals surface area contributed by atoms with Crippen LogP contribution in [0.3, 0.4) is 0 Å². The van der Waals surface area contributed by atoms with Crippen LogP contribution in [0.15, 0.2) is 18.2 Å². The average Bonchev–Trinajstić information content (AvgIpc) is 2.28. The first-order valence-corrected chi connectivity index (χ1v) is 5.84. The van der Waals surface area contributed by atoms with Crippen molar-refractivity contribution in [1.29, 1.82) is 0 Å². The van der Waals surface area contributed by atoms with Crippen molar-refractivity contribution >= 4 is 23.4 Å². The fourth-order valence-electron chi connectivity index (χ4n) is 1.32. The van der Waals surface area contributed by atoms with Gasteiger partial charge in [-0.15, -0.1) is 0 Å². The van der Waals surface area contributed by atoms with Crippen molar-refractivity contribution in [2.45, 2.75) is 19.9 Å². The summed E-state index contributed by atoms with van der Waals surface area (Å²) in [6.45, 7) is 3.49. The first kappa shape index (κ1) is 14.3. The summed E-state index contributed by atoms with van der Waals surface area (Å²) in [6, 6.07) is 4.14. The minimum atomic E-state index is -0.547. The summed E-state index contributed by atoms with van der Waals surface area (Å²) < 4.78 is 0. The Morgan fingerprint density at radius 1 is 1.39 bits per heavy atom. The zero-order chi connectivity index (χ0) is 13.7. The van der Waals surface area contributed by atoms with E-state index in [0.29, 0.717) is 5.02 Å². The predicted octanol–water partition coefficient (Wildman–Crippen LogP) is 1.30. The summed E-state index contributed by atoms with van der Waals surface area (Å²) in [5.74, 6) is -1.02. The van der Waals surface area contributed by atoms with E-state index in [1.54, 1.807) is 0 Å².